The van der Waals surface area contributed by atoms with E-state index in [1.54, 1.807) is 18.2 Å². The molecule has 0 saturated heterocycles. The van der Waals surface area contributed by atoms with Crippen molar-refractivity contribution < 1.29 is 10.0 Å². The molecule has 0 heterocycles. The molecule has 1 amide bonds. The Bertz CT molecular complexity index is 451. The average Bonchev–Trinajstić information content (AvgIpc) is 2.31. The van der Waals surface area contributed by atoms with Crippen molar-refractivity contribution in [2.24, 2.45) is 10.9 Å². The van der Waals surface area contributed by atoms with Gasteiger partial charge in [-0.2, -0.15) is 0 Å². The van der Waals surface area contributed by atoms with E-state index in [0.717, 1.165) is 3.57 Å². The van der Waals surface area contributed by atoms with Gasteiger partial charge in [-0.05, 0) is 40.8 Å². The highest BCUT2D eigenvalue weighted by Crippen LogP contribution is 2.17. The van der Waals surface area contributed by atoms with Crippen molar-refractivity contribution in [3.05, 3.63) is 32.4 Å². The number of rotatable bonds is 4. The highest BCUT2D eigenvalue weighted by atomic mass is 127. The van der Waals surface area contributed by atoms with E-state index in [9.17, 15) is 4.79 Å². The highest BCUT2D eigenvalue weighted by molar-refractivity contribution is 14.1. The molecule has 0 atom stereocenters. The van der Waals surface area contributed by atoms with E-state index in [2.05, 4.69) is 33.1 Å². The van der Waals surface area contributed by atoms with Gasteiger partial charge in [0.05, 0.1) is 5.56 Å². The lowest BCUT2D eigenvalue weighted by Crippen LogP contribution is -2.28. The van der Waals surface area contributed by atoms with Gasteiger partial charge in [0.1, 0.15) is 5.84 Å². The summed E-state index contributed by atoms with van der Waals surface area (Å²) in [4.78, 5) is 11.8. The molecule has 5 nitrogen and oxygen atoms in total. The van der Waals surface area contributed by atoms with E-state index in [0.29, 0.717) is 23.6 Å². The second-order valence-electron chi connectivity index (χ2n) is 3.22. The Kier molecular flexibility index (Phi) is 5.49. The Labute approximate surface area is 117 Å². The fourth-order valence-corrected chi connectivity index (χ4v) is 1.87. The zero-order valence-corrected chi connectivity index (χ0v) is 11.7. The van der Waals surface area contributed by atoms with Crippen molar-refractivity contribution in [1.29, 1.82) is 0 Å². The van der Waals surface area contributed by atoms with Crippen LogP contribution >= 0.6 is 34.2 Å². The number of halogens is 2. The molecule has 0 bridgehead atoms. The van der Waals surface area contributed by atoms with Crippen molar-refractivity contribution in [3.8, 4) is 0 Å². The minimum absolute atomic E-state index is 0.0751. The minimum Gasteiger partial charge on any atom is -0.409 e. The first kappa shape index (κ1) is 14.0. The topological polar surface area (TPSA) is 87.7 Å². The lowest BCUT2D eigenvalue weighted by molar-refractivity contribution is 0.0954. The molecule has 1 rings (SSSR count). The molecule has 0 spiro atoms. The second kappa shape index (κ2) is 6.65. The number of carbonyl (C=O) groups excluding carboxylic acids is 1. The highest BCUT2D eigenvalue weighted by Gasteiger charge is 2.10. The van der Waals surface area contributed by atoms with Gasteiger partial charge in [-0.1, -0.05) is 16.8 Å². The van der Waals surface area contributed by atoms with Crippen LogP contribution in [0.1, 0.15) is 16.8 Å². The first-order chi connectivity index (χ1) is 8.04. The maximum atomic E-state index is 11.8. The van der Waals surface area contributed by atoms with Crippen LogP contribution in [0.3, 0.4) is 0 Å². The summed E-state index contributed by atoms with van der Waals surface area (Å²) in [5, 5.41) is 14.3. The zero-order chi connectivity index (χ0) is 12.8. The molecule has 4 N–H and O–H groups in total. The summed E-state index contributed by atoms with van der Waals surface area (Å²) in [5.41, 5.74) is 5.79. The molecule has 92 valence electrons. The Morgan fingerprint density at radius 1 is 1.59 bits per heavy atom. The molecule has 0 aromatic heterocycles. The number of nitrogens with two attached hydrogens (primary N) is 1. The Morgan fingerprint density at radius 3 is 2.94 bits per heavy atom. The van der Waals surface area contributed by atoms with Crippen molar-refractivity contribution >= 4 is 45.9 Å². The molecule has 0 saturated carbocycles. The van der Waals surface area contributed by atoms with Gasteiger partial charge in [-0.25, -0.2) is 0 Å². The number of carbonyl (C=O) groups is 1. The van der Waals surface area contributed by atoms with Crippen molar-refractivity contribution in [1.82, 2.24) is 5.32 Å². The molecule has 0 fully saturated rings. The van der Waals surface area contributed by atoms with Crippen LogP contribution in [-0.2, 0) is 0 Å². The molecule has 1 aromatic rings. The summed E-state index contributed by atoms with van der Waals surface area (Å²) < 4.78 is 0.813. The predicted molar refractivity (Wildman–Crippen MR) is 74.5 cm³/mol. The Morgan fingerprint density at radius 2 is 2.29 bits per heavy atom. The predicted octanol–water partition coefficient (Wildman–Crippen LogP) is 1.81. The van der Waals surface area contributed by atoms with E-state index in [1.807, 2.05) is 0 Å². The number of benzene rings is 1. The van der Waals surface area contributed by atoms with Crippen LogP contribution in [0, 0.1) is 3.57 Å². The standard InChI is InChI=1S/C10H11ClIN3O2/c11-6-1-2-8(12)7(5-6)10(16)14-4-3-9(13)15-17/h1-2,5,17H,3-4H2,(H2,13,15)(H,14,16). The van der Waals surface area contributed by atoms with Crippen LogP contribution in [0.15, 0.2) is 23.4 Å². The number of hydrogen-bond acceptors (Lipinski definition) is 3. The van der Waals surface area contributed by atoms with Gasteiger partial charge in [-0.3, -0.25) is 4.79 Å². The third-order valence-corrected chi connectivity index (χ3v) is 3.14. The van der Waals surface area contributed by atoms with Gasteiger partial charge in [0.25, 0.3) is 5.91 Å². The first-order valence-electron chi connectivity index (χ1n) is 4.74. The van der Waals surface area contributed by atoms with Gasteiger partial charge in [0.15, 0.2) is 0 Å². The normalized spacial score (nSPS) is 11.3. The van der Waals surface area contributed by atoms with Crippen LogP contribution in [0.25, 0.3) is 0 Å². The maximum Gasteiger partial charge on any atom is 0.252 e. The fourth-order valence-electron chi connectivity index (χ4n) is 1.12. The van der Waals surface area contributed by atoms with Crippen LogP contribution in [-0.4, -0.2) is 23.5 Å². The summed E-state index contributed by atoms with van der Waals surface area (Å²) in [7, 11) is 0. The summed E-state index contributed by atoms with van der Waals surface area (Å²) in [6.45, 7) is 0.303. The molecular weight excluding hydrogens is 356 g/mol. The largest absolute Gasteiger partial charge is 0.409 e. The number of amidine groups is 1. The van der Waals surface area contributed by atoms with E-state index >= 15 is 0 Å². The van der Waals surface area contributed by atoms with Gasteiger partial charge < -0.3 is 16.3 Å². The maximum absolute atomic E-state index is 11.8. The SMILES string of the molecule is N/C(CCNC(=O)c1cc(Cl)ccc1I)=N/O. The van der Waals surface area contributed by atoms with Crippen LogP contribution in [0.4, 0.5) is 0 Å². The van der Waals surface area contributed by atoms with E-state index in [4.69, 9.17) is 22.5 Å². The lowest BCUT2D eigenvalue weighted by Gasteiger charge is -2.06. The van der Waals surface area contributed by atoms with E-state index in [1.165, 1.54) is 0 Å². The summed E-state index contributed by atoms with van der Waals surface area (Å²) >= 11 is 7.87. The van der Waals surface area contributed by atoms with Gasteiger partial charge in [0, 0.05) is 21.6 Å². The average molecular weight is 368 g/mol. The third kappa shape index (κ3) is 4.39. The fraction of sp³-hybridized carbons (Fsp3) is 0.200. The Hall–Kier alpha value is -1.02. The molecule has 0 aliphatic heterocycles. The zero-order valence-electron chi connectivity index (χ0n) is 8.78. The summed E-state index contributed by atoms with van der Waals surface area (Å²) in [5.74, 6) is -0.159. The monoisotopic (exact) mass is 367 g/mol. The molecule has 0 aliphatic carbocycles. The number of oxime groups is 1. The molecule has 0 radical (unpaired) electrons. The molecule has 0 aliphatic rings. The molecule has 7 heteroatoms. The molecule has 1 aromatic carbocycles. The number of nitrogens with one attached hydrogen (secondary N) is 1. The molecule has 0 unspecified atom stereocenters. The van der Waals surface area contributed by atoms with Gasteiger partial charge >= 0.3 is 0 Å². The van der Waals surface area contributed by atoms with E-state index < -0.39 is 0 Å². The number of amides is 1. The van der Waals surface area contributed by atoms with Crippen LogP contribution < -0.4 is 11.1 Å². The van der Waals surface area contributed by atoms with Crippen LogP contribution in [0.2, 0.25) is 5.02 Å². The summed E-state index contributed by atoms with van der Waals surface area (Å²) in [6, 6.07) is 5.08. The third-order valence-electron chi connectivity index (χ3n) is 1.97. The summed E-state index contributed by atoms with van der Waals surface area (Å²) in [6.07, 6.45) is 0.291. The second-order valence-corrected chi connectivity index (χ2v) is 4.82. The Balaban J connectivity index is 2.61. The van der Waals surface area contributed by atoms with Crippen molar-refractivity contribution in [3.63, 3.8) is 0 Å². The first-order valence-corrected chi connectivity index (χ1v) is 6.20. The number of nitrogens with zero attached hydrogens (tertiary/aromatic N) is 1. The lowest BCUT2D eigenvalue weighted by atomic mass is 10.2. The van der Waals surface area contributed by atoms with Gasteiger partial charge in [-0.15, -0.1) is 0 Å². The molecular formula is C10H11ClIN3O2. The van der Waals surface area contributed by atoms with Crippen molar-refractivity contribution in [2.75, 3.05) is 6.54 Å². The van der Waals surface area contributed by atoms with Crippen molar-refractivity contribution in [2.45, 2.75) is 6.42 Å². The van der Waals surface area contributed by atoms with Gasteiger partial charge in [0.2, 0.25) is 0 Å². The van der Waals surface area contributed by atoms with E-state index in [-0.39, 0.29) is 11.7 Å². The van der Waals surface area contributed by atoms with Crippen LogP contribution in [0.5, 0.6) is 0 Å². The molecule has 17 heavy (non-hydrogen) atoms. The quantitative estimate of drug-likeness (QED) is 0.249. The number of hydrogen-bond donors (Lipinski definition) is 3. The smallest absolute Gasteiger partial charge is 0.252 e. The minimum atomic E-state index is -0.234.